The number of hydrogen-bond acceptors (Lipinski definition) is 4. The Hall–Kier alpha value is -0.170. The first-order chi connectivity index (χ1) is 5.72. The molecule has 6 heteroatoms. The van der Waals surface area contributed by atoms with Gasteiger partial charge in [-0.05, 0) is 20.8 Å². The lowest BCUT2D eigenvalue weighted by Crippen LogP contribution is -2.98. The molecule has 0 aliphatic heterocycles. The number of nitrogens with two attached hydrogens (primary N) is 1. The van der Waals surface area contributed by atoms with E-state index in [9.17, 15) is 13.0 Å². The first-order valence-electron chi connectivity index (χ1n) is 4.11. The monoisotopic (exact) mass is 211 g/mol. The molecular weight excluding hydrogens is 194 g/mol. The first-order valence-corrected chi connectivity index (χ1v) is 5.59. The van der Waals surface area contributed by atoms with Crippen LogP contribution in [0.2, 0.25) is 0 Å². The van der Waals surface area contributed by atoms with Gasteiger partial charge in [0.2, 0.25) is 0 Å². The largest absolute Gasteiger partial charge is 0.748 e. The Morgan fingerprint density at radius 3 is 2.31 bits per heavy atom. The van der Waals surface area contributed by atoms with Crippen LogP contribution in [0.1, 0.15) is 20.8 Å². The van der Waals surface area contributed by atoms with E-state index in [0.29, 0.717) is 6.54 Å². The molecule has 0 aromatic carbocycles. The average molecular weight is 211 g/mol. The fraction of sp³-hybridized carbons (Fsp3) is 1.00. The summed E-state index contributed by atoms with van der Waals surface area (Å²) in [5, 5.41) is 9.25. The molecule has 0 spiro atoms. The zero-order valence-corrected chi connectivity index (χ0v) is 8.97. The predicted octanol–water partition coefficient (Wildman–Crippen LogP) is -1.75. The summed E-state index contributed by atoms with van der Waals surface area (Å²) in [7, 11) is -4.25. The van der Waals surface area contributed by atoms with E-state index < -0.39 is 20.9 Å². The molecule has 1 atom stereocenters. The van der Waals surface area contributed by atoms with Gasteiger partial charge < -0.3 is 15.0 Å². The minimum absolute atomic E-state index is 0.0327. The molecule has 0 aromatic rings. The number of rotatable bonds is 5. The van der Waals surface area contributed by atoms with Gasteiger partial charge >= 0.3 is 0 Å². The van der Waals surface area contributed by atoms with Gasteiger partial charge in [0.05, 0.1) is 13.2 Å². The lowest BCUT2D eigenvalue weighted by molar-refractivity contribution is -0.720. The normalized spacial score (nSPS) is 15.8. The molecule has 0 saturated carbocycles. The summed E-state index contributed by atoms with van der Waals surface area (Å²) in [4.78, 5) is 0. The summed E-state index contributed by atoms with van der Waals surface area (Å²) in [6, 6.07) is 0. The van der Waals surface area contributed by atoms with Crippen molar-refractivity contribution in [2.45, 2.75) is 31.6 Å². The highest BCUT2D eigenvalue weighted by Gasteiger charge is 2.33. The summed E-state index contributed by atoms with van der Waals surface area (Å²) in [5.41, 5.74) is -0.691. The van der Waals surface area contributed by atoms with Gasteiger partial charge in [-0.1, -0.05) is 0 Å². The molecule has 0 heterocycles. The summed E-state index contributed by atoms with van der Waals surface area (Å²) in [6.45, 7) is 5.09. The topological polar surface area (TPSA) is 94.0 Å². The second-order valence-corrected chi connectivity index (χ2v) is 5.37. The third kappa shape index (κ3) is 4.04. The zero-order chi connectivity index (χ0) is 10.7. The van der Waals surface area contributed by atoms with Crippen LogP contribution in [0.3, 0.4) is 0 Å². The van der Waals surface area contributed by atoms with Gasteiger partial charge in [0, 0.05) is 0 Å². The van der Waals surface area contributed by atoms with Crippen molar-refractivity contribution in [2.75, 3.05) is 13.2 Å². The summed E-state index contributed by atoms with van der Waals surface area (Å²) < 4.78 is 32.1. The van der Waals surface area contributed by atoms with Crippen LogP contribution in [0.5, 0.6) is 0 Å². The van der Waals surface area contributed by atoms with Gasteiger partial charge in [-0.15, -0.1) is 0 Å². The molecule has 0 radical (unpaired) electrons. The van der Waals surface area contributed by atoms with Crippen LogP contribution in [0.15, 0.2) is 0 Å². The molecule has 0 amide bonds. The minimum Gasteiger partial charge on any atom is -0.748 e. The molecule has 0 rings (SSSR count). The van der Waals surface area contributed by atoms with Gasteiger partial charge in [0.1, 0.15) is 20.9 Å². The lowest BCUT2D eigenvalue weighted by atomic mass is 10.0. The Morgan fingerprint density at radius 2 is 2.00 bits per heavy atom. The second-order valence-electron chi connectivity index (χ2n) is 3.67. The van der Waals surface area contributed by atoms with Gasteiger partial charge in [-0.25, -0.2) is 8.42 Å². The maximum Gasteiger partial charge on any atom is 0.106 e. The third-order valence-electron chi connectivity index (χ3n) is 2.28. The smallest absolute Gasteiger partial charge is 0.106 e. The molecule has 0 bridgehead atoms. The fourth-order valence-corrected chi connectivity index (χ4v) is 1.81. The Bertz CT molecular complexity index is 247. The van der Waals surface area contributed by atoms with Crippen LogP contribution >= 0.6 is 0 Å². The van der Waals surface area contributed by atoms with Crippen LogP contribution < -0.4 is 5.32 Å². The lowest BCUT2D eigenvalue weighted by Gasteiger charge is -2.30. The van der Waals surface area contributed by atoms with Gasteiger partial charge in [0.25, 0.3) is 0 Å². The van der Waals surface area contributed by atoms with Gasteiger partial charge in [-0.3, -0.25) is 0 Å². The average Bonchev–Trinajstić information content (AvgIpc) is 1.98. The van der Waals surface area contributed by atoms with Crippen molar-refractivity contribution >= 4 is 10.1 Å². The van der Waals surface area contributed by atoms with Gasteiger partial charge in [0.15, 0.2) is 0 Å². The highest BCUT2D eigenvalue weighted by molar-refractivity contribution is 7.86. The van der Waals surface area contributed by atoms with Gasteiger partial charge in [-0.2, -0.15) is 0 Å². The van der Waals surface area contributed by atoms with Crippen LogP contribution in [0.25, 0.3) is 0 Å². The van der Waals surface area contributed by atoms with Crippen molar-refractivity contribution in [3.8, 4) is 0 Å². The van der Waals surface area contributed by atoms with Crippen molar-refractivity contribution in [1.29, 1.82) is 0 Å². The molecular formula is C7H17NO4S. The fourth-order valence-electron chi connectivity index (χ4n) is 0.975. The SMILES string of the molecule is CC(C(C)(C)[NH2+]CCO)S(=O)(=O)[O-]. The molecule has 13 heavy (non-hydrogen) atoms. The van der Waals surface area contributed by atoms with E-state index in [4.69, 9.17) is 5.11 Å². The van der Waals surface area contributed by atoms with Crippen LogP contribution in [-0.2, 0) is 10.1 Å². The van der Waals surface area contributed by atoms with E-state index >= 15 is 0 Å². The molecule has 5 nitrogen and oxygen atoms in total. The molecule has 0 aromatic heterocycles. The number of aliphatic hydroxyl groups excluding tert-OH is 1. The minimum atomic E-state index is -4.25. The van der Waals surface area contributed by atoms with Crippen molar-refractivity contribution in [3.63, 3.8) is 0 Å². The van der Waals surface area contributed by atoms with Crippen molar-refractivity contribution < 1.29 is 23.4 Å². The molecule has 80 valence electrons. The first kappa shape index (κ1) is 12.8. The van der Waals surface area contributed by atoms with Crippen molar-refractivity contribution in [3.05, 3.63) is 0 Å². The second kappa shape index (κ2) is 4.36. The van der Waals surface area contributed by atoms with Crippen molar-refractivity contribution in [1.82, 2.24) is 0 Å². The van der Waals surface area contributed by atoms with E-state index in [1.807, 2.05) is 0 Å². The summed E-state index contributed by atoms with van der Waals surface area (Å²) >= 11 is 0. The van der Waals surface area contributed by atoms with E-state index in [-0.39, 0.29) is 6.61 Å². The van der Waals surface area contributed by atoms with Crippen LogP contribution in [0, 0.1) is 0 Å². The predicted molar refractivity (Wildman–Crippen MR) is 47.1 cm³/mol. The quantitative estimate of drug-likeness (QED) is 0.527. The highest BCUT2D eigenvalue weighted by Crippen LogP contribution is 2.10. The standard InChI is InChI=1S/C7H17NO4S/c1-6(13(10,11)12)7(2,3)8-4-5-9/h6,8-9H,4-5H2,1-3H3,(H,10,11,12). The molecule has 1 unspecified atom stereocenters. The Labute approximate surface area is 78.9 Å². The van der Waals surface area contributed by atoms with Crippen molar-refractivity contribution in [2.24, 2.45) is 0 Å². The zero-order valence-electron chi connectivity index (χ0n) is 8.15. The third-order valence-corrected chi connectivity index (χ3v) is 3.75. The molecule has 0 saturated heterocycles. The van der Waals surface area contributed by atoms with E-state index in [1.54, 1.807) is 19.2 Å². The Morgan fingerprint density at radius 1 is 1.54 bits per heavy atom. The van der Waals surface area contributed by atoms with E-state index in [1.165, 1.54) is 6.92 Å². The number of aliphatic hydroxyl groups is 1. The maximum atomic E-state index is 10.7. The number of quaternary nitrogens is 1. The molecule has 0 aliphatic rings. The Kier molecular flexibility index (Phi) is 4.31. The van der Waals surface area contributed by atoms with Crippen LogP contribution in [-0.4, -0.2) is 42.0 Å². The maximum absolute atomic E-state index is 10.7. The summed E-state index contributed by atoms with van der Waals surface area (Å²) in [5.74, 6) is 0. The molecule has 3 N–H and O–H groups in total. The summed E-state index contributed by atoms with van der Waals surface area (Å²) in [6.07, 6.45) is 0. The Balaban J connectivity index is 4.45. The number of hydrogen-bond donors (Lipinski definition) is 2. The van der Waals surface area contributed by atoms with Crippen LogP contribution in [0.4, 0.5) is 0 Å². The highest BCUT2D eigenvalue weighted by atomic mass is 32.2. The molecule has 0 fully saturated rings. The molecule has 0 aliphatic carbocycles. The van der Waals surface area contributed by atoms with E-state index in [2.05, 4.69) is 0 Å². The van der Waals surface area contributed by atoms with E-state index in [0.717, 1.165) is 0 Å².